The number of hydrogen-bond acceptors (Lipinski definition) is 17. The van der Waals surface area contributed by atoms with Crippen molar-refractivity contribution >= 4 is 75.0 Å². The fraction of sp³-hybridized carbons (Fsp3) is 0.200. The number of anilines is 1. The minimum atomic E-state index is -1.25. The lowest BCUT2D eigenvalue weighted by Gasteiger charge is -2.49. The number of carbonyl (C=O) groups excluding carboxylic acids is 2. The quantitative estimate of drug-likeness (QED) is 0.0217. The van der Waals surface area contributed by atoms with Gasteiger partial charge in [-0.1, -0.05) is 113 Å². The summed E-state index contributed by atoms with van der Waals surface area (Å²) < 4.78 is 17.1. The lowest BCUT2D eigenvalue weighted by molar-refractivity contribution is -0.150. The number of amides is 2. The normalized spacial score (nSPS) is 15.6. The van der Waals surface area contributed by atoms with E-state index >= 15 is 0 Å². The molecular weight excluding hydrogens is 985 g/mol. The number of fused-ring (bicyclic) bond motifs is 1. The van der Waals surface area contributed by atoms with E-state index in [-0.39, 0.29) is 48.4 Å². The molecule has 0 radical (unpaired) electrons. The highest BCUT2D eigenvalue weighted by atomic mass is 32.2. The largest absolute Gasteiger partial charge is 0.497 e. The van der Waals surface area contributed by atoms with Crippen LogP contribution in [-0.2, 0) is 38.0 Å². The first kappa shape index (κ1) is 48.6. The molecule has 21 heteroatoms. The number of aliphatic carboxylic acids is 1. The Balaban J connectivity index is 1.02. The number of nitrogens with zero attached hydrogens (tertiary/aromatic N) is 6. The number of β-lactam (4-membered cyclic amide) rings is 1. The van der Waals surface area contributed by atoms with Gasteiger partial charge in [0, 0.05) is 23.0 Å². The zero-order valence-corrected chi connectivity index (χ0v) is 41.3. The number of carbonyl (C=O) groups is 3. The van der Waals surface area contributed by atoms with Gasteiger partial charge in [-0.2, -0.15) is 4.73 Å². The Morgan fingerprint density at radius 3 is 2.21 bits per heavy atom. The molecule has 2 atom stereocenters. The first-order chi connectivity index (χ1) is 34.7. The van der Waals surface area contributed by atoms with Gasteiger partial charge >= 0.3 is 5.97 Å². The Kier molecular flexibility index (Phi) is 15.1. The van der Waals surface area contributed by atoms with Crippen LogP contribution in [0.2, 0.25) is 0 Å². The molecule has 0 bridgehead atoms. The second-order valence-corrected chi connectivity index (χ2v) is 19.8. The number of thiazole rings is 1. The number of aromatic nitrogens is 4. The summed E-state index contributed by atoms with van der Waals surface area (Å²) >= 11 is 5.16. The zero-order chi connectivity index (χ0) is 49.3. The minimum Gasteiger partial charge on any atom is -0.497 e. The van der Waals surface area contributed by atoms with Gasteiger partial charge in [0.2, 0.25) is 5.43 Å². The lowest BCUT2D eigenvalue weighted by Crippen LogP contribution is -2.71. The number of carboxylic acid groups (broad SMARTS) is 1. The van der Waals surface area contributed by atoms with Gasteiger partial charge < -0.3 is 34.9 Å². The summed E-state index contributed by atoms with van der Waals surface area (Å²) in [4.78, 5) is 72.3. The molecule has 4 aromatic carbocycles. The maximum absolute atomic E-state index is 14.6. The van der Waals surface area contributed by atoms with Crippen molar-refractivity contribution < 1.29 is 38.6 Å². The molecule has 2 aliphatic rings. The van der Waals surface area contributed by atoms with Crippen molar-refractivity contribution in [2.24, 2.45) is 5.16 Å². The molecule has 17 nitrogen and oxygen atoms in total. The van der Waals surface area contributed by atoms with E-state index in [0.717, 1.165) is 26.5 Å². The van der Waals surface area contributed by atoms with Crippen LogP contribution in [0.4, 0.5) is 5.13 Å². The number of rotatable bonds is 21. The van der Waals surface area contributed by atoms with Crippen LogP contribution in [0.25, 0.3) is 0 Å². The van der Waals surface area contributed by atoms with Crippen LogP contribution < -0.4 is 30.4 Å². The van der Waals surface area contributed by atoms with Crippen molar-refractivity contribution in [2.45, 2.75) is 41.3 Å². The van der Waals surface area contributed by atoms with E-state index in [9.17, 15) is 24.3 Å². The van der Waals surface area contributed by atoms with Crippen LogP contribution in [0, 0.1) is 0 Å². The molecule has 3 aromatic heterocycles. The molecule has 9 rings (SSSR count). The zero-order valence-electron chi connectivity index (χ0n) is 38.0. The third-order valence-electron chi connectivity index (χ3n) is 11.4. The van der Waals surface area contributed by atoms with E-state index in [4.69, 9.17) is 24.1 Å². The molecule has 71 heavy (non-hydrogen) atoms. The van der Waals surface area contributed by atoms with Crippen LogP contribution in [0.5, 0.6) is 11.5 Å². The number of pyridine rings is 1. The van der Waals surface area contributed by atoms with Crippen LogP contribution in [-0.4, -0.2) is 89.4 Å². The third-order valence-corrected chi connectivity index (χ3v) is 15.4. The Hall–Kier alpha value is -7.46. The number of carboxylic acids is 1. The molecule has 7 aromatic rings. The van der Waals surface area contributed by atoms with E-state index in [2.05, 4.69) is 25.4 Å². The molecule has 0 spiro atoms. The number of hydrogen-bond donors (Lipinski definition) is 3. The van der Waals surface area contributed by atoms with E-state index < -0.39 is 40.2 Å². The second kappa shape index (κ2) is 22.1. The van der Waals surface area contributed by atoms with Gasteiger partial charge in [-0.3, -0.25) is 19.3 Å². The number of methoxy groups -OCH3 is 1. The van der Waals surface area contributed by atoms with Crippen LogP contribution in [0.3, 0.4) is 0 Å². The molecule has 3 N–H and O–H groups in total. The fourth-order valence-electron chi connectivity index (χ4n) is 8.03. The first-order valence-electron chi connectivity index (χ1n) is 22.0. The van der Waals surface area contributed by atoms with Crippen molar-refractivity contribution in [3.8, 4) is 11.5 Å². The molecule has 2 aliphatic heterocycles. The number of oxime groups is 1. The highest BCUT2D eigenvalue weighted by molar-refractivity contribution is 8.01. The first-order valence-corrected chi connectivity index (χ1v) is 25.7. The van der Waals surface area contributed by atoms with Crippen molar-refractivity contribution in [1.29, 1.82) is 0 Å². The third kappa shape index (κ3) is 10.5. The average Bonchev–Trinajstić information content (AvgIpc) is 4.11. The van der Waals surface area contributed by atoms with Crippen LogP contribution >= 0.6 is 46.4 Å². The Morgan fingerprint density at radius 2 is 1.61 bits per heavy atom. The molecule has 1 fully saturated rings. The summed E-state index contributed by atoms with van der Waals surface area (Å²) in [6, 6.07) is 37.3. The van der Waals surface area contributed by atoms with E-state index in [1.807, 2.05) is 103 Å². The SMILES string of the molecule is CCOn1cc(OCc2ccc(OC)cc2)c(=O)cc1CO/N=C(\C(=O)N[C@@H]1C(=O)N2C(C(=O)O)=C(CSc3cnns3)CS[C@H]12)c1csc(NC(c2ccccc2)(c2ccccc2)c2ccccc2)n1. The lowest BCUT2D eigenvalue weighted by atomic mass is 9.77. The van der Waals surface area contributed by atoms with Gasteiger partial charge in [0.15, 0.2) is 23.2 Å². The van der Waals surface area contributed by atoms with E-state index in [1.165, 1.54) is 68.3 Å². The van der Waals surface area contributed by atoms with Gasteiger partial charge in [-0.15, -0.1) is 40.0 Å². The maximum atomic E-state index is 14.6. The Bertz CT molecular complexity index is 3020. The van der Waals surface area contributed by atoms with Gasteiger partial charge in [-0.05, 0) is 58.4 Å². The van der Waals surface area contributed by atoms with Gasteiger partial charge in [0.1, 0.15) is 57.2 Å². The monoisotopic (exact) mass is 1030 g/mol. The minimum absolute atomic E-state index is 0.0327. The summed E-state index contributed by atoms with van der Waals surface area (Å²) in [5, 5.41) is 26.4. The highest BCUT2D eigenvalue weighted by Crippen LogP contribution is 2.43. The molecule has 2 amide bonds. The van der Waals surface area contributed by atoms with Crippen molar-refractivity contribution in [3.05, 3.63) is 194 Å². The summed E-state index contributed by atoms with van der Waals surface area (Å²) in [5.74, 6) is -1.29. The molecule has 1 saturated heterocycles. The molecule has 0 aliphatic carbocycles. The summed E-state index contributed by atoms with van der Waals surface area (Å²) in [5.41, 5.74) is 2.75. The van der Waals surface area contributed by atoms with Crippen molar-refractivity contribution in [1.82, 2.24) is 29.5 Å². The smallest absolute Gasteiger partial charge is 0.352 e. The summed E-state index contributed by atoms with van der Waals surface area (Å²) in [6.45, 7) is 1.78. The number of nitrogens with one attached hydrogen (secondary N) is 2. The molecule has 0 unspecified atom stereocenters. The fourth-order valence-corrected chi connectivity index (χ4v) is 11.7. The standard InChI is InChI=1S/C50H44N8O9S4/c1-3-67-57-25-40(65-26-31-19-21-37(64-2)22-20-31)39(59)23-36(57)27-66-55-42(45(60)53-43-46(61)58-44(48(62)63)32(29-69-47(43)58)28-68-41-24-51-56-71-41)38-30-70-49(52-38)54-50(33-13-7-4-8-14-33,34-15-9-5-10-16-34)35-17-11-6-12-18-35/h4-25,30,43,47H,3,26-29H2,1-2H3,(H,52,54)(H,53,60)(H,62,63)/b55-42-/t43-,47-/m1/s1. The molecule has 0 saturated carbocycles. The maximum Gasteiger partial charge on any atom is 0.352 e. The molecule has 362 valence electrons. The molecular formula is C50H44N8O9S4. The van der Waals surface area contributed by atoms with E-state index in [1.54, 1.807) is 37.7 Å². The number of thioether (sulfide) groups is 2. The van der Waals surface area contributed by atoms with Crippen molar-refractivity contribution in [3.63, 3.8) is 0 Å². The van der Waals surface area contributed by atoms with Gasteiger partial charge in [0.05, 0.1) is 19.5 Å². The Labute approximate surface area is 423 Å². The Morgan fingerprint density at radius 1 is 0.930 bits per heavy atom. The summed E-state index contributed by atoms with van der Waals surface area (Å²) in [7, 11) is 1.58. The van der Waals surface area contributed by atoms with Crippen LogP contribution in [0.1, 0.15) is 40.6 Å². The highest BCUT2D eigenvalue weighted by Gasteiger charge is 2.54. The summed E-state index contributed by atoms with van der Waals surface area (Å²) in [6.07, 6.45) is 3.01. The predicted molar refractivity (Wildman–Crippen MR) is 272 cm³/mol. The number of benzene rings is 4. The van der Waals surface area contributed by atoms with Gasteiger partial charge in [0.25, 0.3) is 11.8 Å². The predicted octanol–water partition coefficient (Wildman–Crippen LogP) is 7.05. The van der Waals surface area contributed by atoms with Gasteiger partial charge in [-0.25, -0.2) is 9.78 Å². The van der Waals surface area contributed by atoms with E-state index in [0.29, 0.717) is 28.0 Å². The molecule has 5 heterocycles. The van der Waals surface area contributed by atoms with Crippen molar-refractivity contribution in [2.75, 3.05) is 30.5 Å². The average molecular weight is 1030 g/mol. The van der Waals surface area contributed by atoms with Crippen LogP contribution in [0.15, 0.2) is 165 Å². The second-order valence-electron chi connectivity index (χ2n) is 15.7. The topological polar surface area (TPSA) is 209 Å². The number of ether oxygens (including phenoxy) is 2.